The highest BCUT2D eigenvalue weighted by Crippen LogP contribution is 2.25. The summed E-state index contributed by atoms with van der Waals surface area (Å²) in [6.07, 6.45) is 0.460. The Hall–Kier alpha value is -2.53. The number of aryl methyl sites for hydroxylation is 1. The zero-order valence-electron chi connectivity index (χ0n) is 11.5. The summed E-state index contributed by atoms with van der Waals surface area (Å²) >= 11 is 5.76. The molecular weight excluding hydrogens is 308 g/mol. The highest BCUT2D eigenvalue weighted by Gasteiger charge is 2.14. The van der Waals surface area contributed by atoms with E-state index in [-0.39, 0.29) is 17.7 Å². The van der Waals surface area contributed by atoms with Crippen molar-refractivity contribution >= 4 is 23.5 Å². The van der Waals surface area contributed by atoms with Crippen LogP contribution in [0.15, 0.2) is 42.5 Å². The third-order valence-corrected chi connectivity index (χ3v) is 3.20. The second-order valence-corrected chi connectivity index (χ2v) is 5.03. The van der Waals surface area contributed by atoms with Gasteiger partial charge in [0.15, 0.2) is 11.5 Å². The Bertz CT molecular complexity index is 694. The number of rotatable bonds is 4. The van der Waals surface area contributed by atoms with Gasteiger partial charge in [-0.25, -0.2) is 4.79 Å². The molecule has 0 saturated carbocycles. The first kappa shape index (κ1) is 15.9. The Balaban J connectivity index is 1.89. The van der Waals surface area contributed by atoms with Gasteiger partial charge in [-0.1, -0.05) is 23.7 Å². The fraction of sp³-hybridized carbons (Fsp3) is 0.125. The number of benzene rings is 2. The molecule has 2 aromatic rings. The van der Waals surface area contributed by atoms with Gasteiger partial charge in [0.25, 0.3) is 0 Å². The number of phenolic OH excluding ortho intramolecular Hbond substituents is 2. The van der Waals surface area contributed by atoms with Crippen molar-refractivity contribution in [1.82, 2.24) is 0 Å². The zero-order valence-corrected chi connectivity index (χ0v) is 12.2. The zero-order chi connectivity index (χ0) is 16.1. The lowest BCUT2D eigenvalue weighted by Gasteiger charge is -2.05. The van der Waals surface area contributed by atoms with Crippen LogP contribution >= 0.6 is 11.6 Å². The largest absolute Gasteiger partial charge is 0.504 e. The van der Waals surface area contributed by atoms with Crippen LogP contribution in [-0.2, 0) is 16.0 Å². The van der Waals surface area contributed by atoms with Gasteiger partial charge in [0.1, 0.15) is 0 Å². The van der Waals surface area contributed by atoms with Gasteiger partial charge in [0.2, 0.25) is 0 Å². The molecule has 0 spiro atoms. The number of aromatic hydroxyl groups is 2. The normalized spacial score (nSPS) is 10.2. The van der Waals surface area contributed by atoms with Crippen LogP contribution in [0, 0.1) is 0 Å². The Morgan fingerprint density at radius 1 is 1.00 bits per heavy atom. The average Bonchev–Trinajstić information content (AvgIpc) is 2.49. The molecule has 0 aliphatic carbocycles. The molecule has 0 atom stereocenters. The van der Waals surface area contributed by atoms with E-state index in [1.165, 1.54) is 6.07 Å². The number of esters is 2. The summed E-state index contributed by atoms with van der Waals surface area (Å²) in [6.45, 7) is 0. The second-order valence-electron chi connectivity index (χ2n) is 4.59. The summed E-state index contributed by atoms with van der Waals surface area (Å²) in [6, 6.07) is 10.4. The van der Waals surface area contributed by atoms with E-state index in [1.807, 2.05) is 0 Å². The van der Waals surface area contributed by atoms with E-state index in [0.717, 1.165) is 17.7 Å². The Morgan fingerprint density at radius 3 is 2.32 bits per heavy atom. The quantitative estimate of drug-likeness (QED) is 0.514. The third kappa shape index (κ3) is 4.23. The van der Waals surface area contributed by atoms with Crippen LogP contribution in [0.4, 0.5) is 0 Å². The van der Waals surface area contributed by atoms with Gasteiger partial charge in [-0.2, -0.15) is 0 Å². The molecule has 2 aromatic carbocycles. The molecule has 0 aromatic heterocycles. The molecule has 6 heteroatoms. The lowest BCUT2D eigenvalue weighted by Crippen LogP contribution is -2.13. The summed E-state index contributed by atoms with van der Waals surface area (Å²) in [5.74, 6) is -2.36. The van der Waals surface area contributed by atoms with Crippen molar-refractivity contribution in [3.05, 3.63) is 58.6 Å². The van der Waals surface area contributed by atoms with Crippen LogP contribution in [0.3, 0.4) is 0 Å². The Labute approximate surface area is 131 Å². The summed E-state index contributed by atoms with van der Waals surface area (Å²) in [4.78, 5) is 23.4. The molecule has 0 heterocycles. The van der Waals surface area contributed by atoms with Gasteiger partial charge in [-0.15, -0.1) is 0 Å². The summed E-state index contributed by atoms with van der Waals surface area (Å²) in [5.41, 5.74) is 0.881. The van der Waals surface area contributed by atoms with Crippen molar-refractivity contribution in [3.63, 3.8) is 0 Å². The van der Waals surface area contributed by atoms with Crippen LogP contribution < -0.4 is 0 Å². The maximum absolute atomic E-state index is 11.7. The molecule has 0 saturated heterocycles. The molecule has 2 rings (SSSR count). The van der Waals surface area contributed by atoms with Crippen molar-refractivity contribution < 1.29 is 24.5 Å². The Morgan fingerprint density at radius 2 is 1.68 bits per heavy atom. The van der Waals surface area contributed by atoms with Crippen LogP contribution in [0.5, 0.6) is 11.5 Å². The number of ether oxygens (including phenoxy) is 1. The summed E-state index contributed by atoms with van der Waals surface area (Å²) < 4.78 is 4.68. The molecule has 0 bridgehead atoms. The maximum atomic E-state index is 11.7. The van der Waals surface area contributed by atoms with Crippen molar-refractivity contribution in [2.45, 2.75) is 12.8 Å². The molecule has 0 aliphatic rings. The minimum absolute atomic E-state index is 0.0184. The lowest BCUT2D eigenvalue weighted by molar-refractivity contribution is -0.137. The number of halogens is 1. The molecule has 0 fully saturated rings. The summed E-state index contributed by atoms with van der Waals surface area (Å²) in [5, 5.41) is 19.1. The van der Waals surface area contributed by atoms with Crippen molar-refractivity contribution in [2.24, 2.45) is 0 Å². The summed E-state index contributed by atoms with van der Waals surface area (Å²) in [7, 11) is 0. The first-order valence-corrected chi connectivity index (χ1v) is 6.85. The van der Waals surface area contributed by atoms with E-state index in [0.29, 0.717) is 11.4 Å². The standard InChI is InChI=1S/C16H13ClO5/c17-12-5-1-10(2-6-12)3-8-15(20)22-16(21)11-4-7-13(18)14(19)9-11/h1-2,4-7,9,18-19H,3,8H2. The van der Waals surface area contributed by atoms with Gasteiger partial charge in [0.05, 0.1) is 12.0 Å². The first-order valence-electron chi connectivity index (χ1n) is 6.47. The van der Waals surface area contributed by atoms with Crippen molar-refractivity contribution in [3.8, 4) is 11.5 Å². The highest BCUT2D eigenvalue weighted by molar-refractivity contribution is 6.30. The van der Waals surface area contributed by atoms with Crippen molar-refractivity contribution in [2.75, 3.05) is 0 Å². The average molecular weight is 321 g/mol. The smallest absolute Gasteiger partial charge is 0.345 e. The fourth-order valence-electron chi connectivity index (χ4n) is 1.76. The monoisotopic (exact) mass is 320 g/mol. The minimum atomic E-state index is -0.878. The number of hydrogen-bond donors (Lipinski definition) is 2. The maximum Gasteiger partial charge on any atom is 0.345 e. The molecule has 0 aliphatic heterocycles. The molecular formula is C16H13ClO5. The third-order valence-electron chi connectivity index (χ3n) is 2.95. The van der Waals surface area contributed by atoms with Crippen molar-refractivity contribution in [1.29, 1.82) is 0 Å². The number of hydrogen-bond acceptors (Lipinski definition) is 5. The van der Waals surface area contributed by atoms with Crippen LogP contribution in [0.1, 0.15) is 22.3 Å². The lowest BCUT2D eigenvalue weighted by atomic mass is 10.1. The number of carbonyl (C=O) groups excluding carboxylic acids is 2. The van der Waals surface area contributed by atoms with Gasteiger partial charge in [-0.3, -0.25) is 4.79 Å². The van der Waals surface area contributed by atoms with Gasteiger partial charge in [0, 0.05) is 5.02 Å². The highest BCUT2D eigenvalue weighted by atomic mass is 35.5. The molecule has 5 nitrogen and oxygen atoms in total. The number of carbonyl (C=O) groups is 2. The van der Waals surface area contributed by atoms with Crippen LogP contribution in [0.2, 0.25) is 5.02 Å². The Kier molecular flexibility index (Phi) is 5.01. The predicted octanol–water partition coefficient (Wildman–Crippen LogP) is 3.07. The van der Waals surface area contributed by atoms with E-state index >= 15 is 0 Å². The number of phenols is 2. The van der Waals surface area contributed by atoms with Gasteiger partial charge in [-0.05, 0) is 42.3 Å². The second kappa shape index (κ2) is 6.95. The molecule has 2 N–H and O–H groups in total. The van der Waals surface area contributed by atoms with E-state index < -0.39 is 17.7 Å². The first-order chi connectivity index (χ1) is 10.5. The predicted molar refractivity (Wildman–Crippen MR) is 80.0 cm³/mol. The topological polar surface area (TPSA) is 83.8 Å². The molecule has 114 valence electrons. The molecule has 0 unspecified atom stereocenters. The van der Waals surface area contributed by atoms with Crippen LogP contribution in [0.25, 0.3) is 0 Å². The minimum Gasteiger partial charge on any atom is -0.504 e. The molecule has 0 radical (unpaired) electrons. The SMILES string of the molecule is O=C(CCc1ccc(Cl)cc1)OC(=O)c1ccc(O)c(O)c1. The van der Waals surface area contributed by atoms with E-state index in [2.05, 4.69) is 4.74 Å². The molecule has 22 heavy (non-hydrogen) atoms. The van der Waals surface area contributed by atoms with E-state index in [4.69, 9.17) is 16.7 Å². The van der Waals surface area contributed by atoms with Gasteiger partial charge < -0.3 is 14.9 Å². The van der Waals surface area contributed by atoms with E-state index in [1.54, 1.807) is 24.3 Å². The molecule has 0 amide bonds. The van der Waals surface area contributed by atoms with Gasteiger partial charge >= 0.3 is 11.9 Å². The van der Waals surface area contributed by atoms with E-state index in [9.17, 15) is 14.7 Å². The van der Waals surface area contributed by atoms with Crippen LogP contribution in [-0.4, -0.2) is 22.2 Å². The fourth-order valence-corrected chi connectivity index (χ4v) is 1.89.